The van der Waals surface area contributed by atoms with Crippen molar-refractivity contribution >= 4 is 21.9 Å². The fourth-order valence-corrected chi connectivity index (χ4v) is 3.95. The van der Waals surface area contributed by atoms with Crippen molar-refractivity contribution in [3.05, 3.63) is 51.7 Å². The van der Waals surface area contributed by atoms with Gasteiger partial charge in [-0.2, -0.15) is 0 Å². The van der Waals surface area contributed by atoms with Gasteiger partial charge in [-0.1, -0.05) is 0 Å². The zero-order valence-electron chi connectivity index (χ0n) is 16.3. The van der Waals surface area contributed by atoms with Gasteiger partial charge in [0.1, 0.15) is 5.82 Å². The first-order valence-electron chi connectivity index (χ1n) is 8.93. The number of sulfonamides is 1. The van der Waals surface area contributed by atoms with Crippen LogP contribution in [0.1, 0.15) is 28.4 Å². The highest BCUT2D eigenvalue weighted by Gasteiger charge is 2.31. The van der Waals surface area contributed by atoms with Crippen molar-refractivity contribution < 1.29 is 17.6 Å². The topological polar surface area (TPSA) is 115 Å². The van der Waals surface area contributed by atoms with E-state index >= 15 is 0 Å². The van der Waals surface area contributed by atoms with E-state index in [-0.39, 0.29) is 28.5 Å². The minimum absolute atomic E-state index is 0.174. The van der Waals surface area contributed by atoms with E-state index in [4.69, 9.17) is 0 Å². The first-order chi connectivity index (χ1) is 13.6. The fourth-order valence-electron chi connectivity index (χ4n) is 3.19. The van der Waals surface area contributed by atoms with Crippen LogP contribution in [0.3, 0.4) is 0 Å². The molecular formula is C18H22FN5O4S. The number of carbonyl (C=O) groups excluding carboxylic acids is 1. The first-order valence-corrected chi connectivity index (χ1v) is 10.4. The summed E-state index contributed by atoms with van der Waals surface area (Å²) in [6, 6.07) is 4.50. The highest BCUT2D eigenvalue weighted by Crippen LogP contribution is 2.28. The third-order valence-corrected chi connectivity index (χ3v) is 6.23. The average molecular weight is 423 g/mol. The van der Waals surface area contributed by atoms with E-state index in [0.29, 0.717) is 24.6 Å². The van der Waals surface area contributed by atoms with Gasteiger partial charge >= 0.3 is 0 Å². The summed E-state index contributed by atoms with van der Waals surface area (Å²) in [6.07, 6.45) is 0.561. The minimum Gasteiger partial charge on any atom is -0.348 e. The fraction of sp³-hybridized carbons (Fsp3) is 0.389. The number of aromatic amines is 1. The van der Waals surface area contributed by atoms with Gasteiger partial charge < -0.3 is 9.80 Å². The molecule has 0 aliphatic carbocycles. The second-order valence-electron chi connectivity index (χ2n) is 6.97. The molecule has 3 rings (SSSR count). The Kier molecular flexibility index (Phi) is 5.71. The number of nitrogens with one attached hydrogen (secondary N) is 2. The van der Waals surface area contributed by atoms with Crippen LogP contribution in [0.15, 0.2) is 34.0 Å². The molecule has 9 nitrogen and oxygen atoms in total. The quantitative estimate of drug-likeness (QED) is 0.724. The zero-order valence-corrected chi connectivity index (χ0v) is 17.1. The van der Waals surface area contributed by atoms with Crippen LogP contribution in [-0.2, 0) is 10.0 Å². The van der Waals surface area contributed by atoms with Crippen molar-refractivity contribution in [2.45, 2.75) is 17.2 Å². The summed E-state index contributed by atoms with van der Waals surface area (Å²) in [6.45, 7) is 0.600. The number of H-pyrrole nitrogens is 1. The maximum atomic E-state index is 14.3. The number of anilines is 1. The lowest BCUT2D eigenvalue weighted by Crippen LogP contribution is -2.30. The summed E-state index contributed by atoms with van der Waals surface area (Å²) in [5.74, 6) is -1.16. The standard InChI is InChI=1S/C18H22FN5O4S/c1-20-29(27,28)12-4-5-14(19)13(8-12)17(26)24-7-6-11(10-24)15-9-16(25)22-18(21-15)23(2)3/h4-5,8-9,11,20H,6-7,10H2,1-3H3,(H,21,22,25)/t11-/m1/s1. The molecule has 2 N–H and O–H groups in total. The largest absolute Gasteiger partial charge is 0.348 e. The van der Waals surface area contributed by atoms with E-state index in [1.807, 2.05) is 0 Å². The molecule has 0 radical (unpaired) electrons. The van der Waals surface area contributed by atoms with Crippen molar-refractivity contribution in [1.82, 2.24) is 19.6 Å². The Morgan fingerprint density at radius 1 is 1.34 bits per heavy atom. The van der Waals surface area contributed by atoms with E-state index in [1.165, 1.54) is 18.0 Å². The van der Waals surface area contributed by atoms with Crippen LogP contribution in [0.25, 0.3) is 0 Å². The molecule has 1 atom stereocenters. The minimum atomic E-state index is -3.81. The Hall–Kier alpha value is -2.79. The van der Waals surface area contributed by atoms with Gasteiger partial charge in [-0.25, -0.2) is 22.5 Å². The number of benzene rings is 1. The van der Waals surface area contributed by atoms with Gasteiger partial charge in [0.15, 0.2) is 0 Å². The molecule has 2 heterocycles. The monoisotopic (exact) mass is 423 g/mol. The van der Waals surface area contributed by atoms with Crippen molar-refractivity contribution in [3.8, 4) is 0 Å². The summed E-state index contributed by atoms with van der Waals surface area (Å²) >= 11 is 0. The molecule has 2 aromatic rings. The molecule has 0 unspecified atom stereocenters. The highest BCUT2D eigenvalue weighted by atomic mass is 32.2. The van der Waals surface area contributed by atoms with Crippen molar-refractivity contribution in [2.75, 3.05) is 39.1 Å². The molecule has 1 amide bonds. The normalized spacial score (nSPS) is 16.8. The average Bonchev–Trinajstić information content (AvgIpc) is 3.17. The lowest BCUT2D eigenvalue weighted by Gasteiger charge is -2.18. The van der Waals surface area contributed by atoms with Crippen LogP contribution < -0.4 is 15.2 Å². The number of carbonyl (C=O) groups is 1. The van der Waals surface area contributed by atoms with Gasteiger partial charge in [-0.05, 0) is 31.7 Å². The predicted octanol–water partition coefficient (Wildman–Crippen LogP) is 0.513. The predicted molar refractivity (Wildman–Crippen MR) is 105 cm³/mol. The number of hydrogen-bond donors (Lipinski definition) is 2. The Bertz CT molecular complexity index is 1100. The number of amides is 1. The molecule has 0 saturated carbocycles. The highest BCUT2D eigenvalue weighted by molar-refractivity contribution is 7.89. The molecule has 29 heavy (non-hydrogen) atoms. The SMILES string of the molecule is CNS(=O)(=O)c1ccc(F)c(C(=O)N2CC[C@@H](c3cc(=O)[nH]c(N(C)C)n3)C2)c1. The van der Waals surface area contributed by atoms with E-state index in [2.05, 4.69) is 14.7 Å². The van der Waals surface area contributed by atoms with Gasteiger partial charge in [0, 0.05) is 39.2 Å². The van der Waals surface area contributed by atoms with E-state index in [1.54, 1.807) is 19.0 Å². The molecule has 1 fully saturated rings. The summed E-state index contributed by atoms with van der Waals surface area (Å²) in [5, 5.41) is 0. The van der Waals surface area contributed by atoms with E-state index in [9.17, 15) is 22.4 Å². The van der Waals surface area contributed by atoms with Crippen LogP contribution in [0, 0.1) is 5.82 Å². The smallest absolute Gasteiger partial charge is 0.256 e. The summed E-state index contributed by atoms with van der Waals surface area (Å²) < 4.78 is 40.3. The second-order valence-corrected chi connectivity index (χ2v) is 8.86. The molecular weight excluding hydrogens is 401 g/mol. The van der Waals surface area contributed by atoms with Crippen LogP contribution in [0.5, 0.6) is 0 Å². The number of rotatable bonds is 5. The van der Waals surface area contributed by atoms with Crippen molar-refractivity contribution in [2.24, 2.45) is 0 Å². The molecule has 0 bridgehead atoms. The Labute approximate surface area is 167 Å². The molecule has 1 aromatic carbocycles. The van der Waals surface area contributed by atoms with Crippen LogP contribution in [0.4, 0.5) is 10.3 Å². The number of aromatic nitrogens is 2. The van der Waals surface area contributed by atoms with Gasteiger partial charge in [-0.15, -0.1) is 0 Å². The van der Waals surface area contributed by atoms with Crippen LogP contribution in [0.2, 0.25) is 0 Å². The van der Waals surface area contributed by atoms with Gasteiger partial charge in [0.2, 0.25) is 16.0 Å². The van der Waals surface area contributed by atoms with E-state index in [0.717, 1.165) is 18.2 Å². The van der Waals surface area contributed by atoms with Crippen LogP contribution >= 0.6 is 0 Å². The van der Waals surface area contributed by atoms with E-state index < -0.39 is 21.7 Å². The number of likely N-dealkylation sites (tertiary alicyclic amines) is 1. The summed E-state index contributed by atoms with van der Waals surface area (Å²) in [4.78, 5) is 34.7. The lowest BCUT2D eigenvalue weighted by atomic mass is 10.0. The molecule has 0 spiro atoms. The third-order valence-electron chi connectivity index (χ3n) is 4.81. The summed E-state index contributed by atoms with van der Waals surface area (Å²) in [5.41, 5.74) is -0.0472. The van der Waals surface area contributed by atoms with Crippen LogP contribution in [-0.4, -0.2) is 63.4 Å². The maximum absolute atomic E-state index is 14.3. The van der Waals surface area contributed by atoms with Crippen molar-refractivity contribution in [1.29, 1.82) is 0 Å². The molecule has 1 aliphatic heterocycles. The third kappa shape index (κ3) is 4.30. The zero-order chi connectivity index (χ0) is 21.3. The molecule has 1 saturated heterocycles. The molecule has 1 aliphatic rings. The van der Waals surface area contributed by atoms with Crippen molar-refractivity contribution in [3.63, 3.8) is 0 Å². The van der Waals surface area contributed by atoms with Gasteiger partial charge in [0.25, 0.3) is 11.5 Å². The second kappa shape index (κ2) is 7.91. The number of hydrogen-bond acceptors (Lipinski definition) is 6. The Morgan fingerprint density at radius 3 is 2.72 bits per heavy atom. The maximum Gasteiger partial charge on any atom is 0.256 e. The molecule has 156 valence electrons. The van der Waals surface area contributed by atoms with Gasteiger partial charge in [0.05, 0.1) is 16.2 Å². The Balaban J connectivity index is 1.85. The number of nitrogens with zero attached hydrogens (tertiary/aromatic N) is 3. The number of halogens is 1. The molecule has 11 heteroatoms. The van der Waals surface area contributed by atoms with Gasteiger partial charge in [-0.3, -0.25) is 14.6 Å². The summed E-state index contributed by atoms with van der Waals surface area (Å²) in [7, 11) is 0.935. The molecule has 1 aromatic heterocycles. The first kappa shape index (κ1) is 20.9. The lowest BCUT2D eigenvalue weighted by molar-refractivity contribution is 0.0785. The Morgan fingerprint density at radius 2 is 2.07 bits per heavy atom.